The van der Waals surface area contributed by atoms with Crippen LogP contribution in [-0.2, 0) is 4.79 Å². The molecule has 0 saturated carbocycles. The maximum Gasteiger partial charge on any atom is 0.225 e. The molecule has 1 amide bonds. The third kappa shape index (κ3) is 5.22. The summed E-state index contributed by atoms with van der Waals surface area (Å²) < 4.78 is 0. The van der Waals surface area contributed by atoms with Gasteiger partial charge in [-0.25, -0.2) is 0 Å². The molecule has 1 aromatic carbocycles. The number of amides is 1. The molecule has 1 aromatic rings. The molecule has 0 heterocycles. The molecule has 5 heteroatoms. The molecule has 0 saturated heterocycles. The summed E-state index contributed by atoms with van der Waals surface area (Å²) in [4.78, 5) is 11.5. The van der Waals surface area contributed by atoms with Gasteiger partial charge in [0.15, 0.2) is 0 Å². The Morgan fingerprint density at radius 3 is 2.76 bits per heavy atom. The molecule has 92 valence electrons. The predicted molar refractivity (Wildman–Crippen MR) is 72.8 cm³/mol. The van der Waals surface area contributed by atoms with Crippen LogP contribution in [0.25, 0.3) is 0 Å². The number of anilines is 1. The van der Waals surface area contributed by atoms with Crippen molar-refractivity contribution < 1.29 is 4.79 Å². The van der Waals surface area contributed by atoms with Gasteiger partial charge in [0.1, 0.15) is 0 Å². The standard InChI is InChI=1S/C12H14Cl2N2O/c1-2-6-15-7-5-12(17)16-9-3-4-10(13)11(14)8-9/h2-4,8,15H,1,5-7H2,(H,16,17). The Kier molecular flexibility index (Phi) is 6.05. The minimum atomic E-state index is -0.0695. The third-order valence-electron chi connectivity index (χ3n) is 2.02. The van der Waals surface area contributed by atoms with Gasteiger partial charge in [0, 0.05) is 25.2 Å². The Balaban J connectivity index is 2.39. The molecule has 0 aliphatic carbocycles. The van der Waals surface area contributed by atoms with E-state index in [0.29, 0.717) is 35.2 Å². The number of hydrogen-bond acceptors (Lipinski definition) is 2. The van der Waals surface area contributed by atoms with Crippen LogP contribution in [-0.4, -0.2) is 19.0 Å². The fourth-order valence-electron chi connectivity index (χ4n) is 1.20. The molecular weight excluding hydrogens is 259 g/mol. The fraction of sp³-hybridized carbons (Fsp3) is 0.250. The largest absolute Gasteiger partial charge is 0.326 e. The number of benzene rings is 1. The van der Waals surface area contributed by atoms with Gasteiger partial charge in [-0.15, -0.1) is 6.58 Å². The van der Waals surface area contributed by atoms with Crippen molar-refractivity contribution >= 4 is 34.8 Å². The zero-order valence-corrected chi connectivity index (χ0v) is 10.8. The molecule has 0 radical (unpaired) electrons. The van der Waals surface area contributed by atoms with Crippen LogP contribution in [0.15, 0.2) is 30.9 Å². The Morgan fingerprint density at radius 1 is 1.35 bits per heavy atom. The maximum absolute atomic E-state index is 11.5. The summed E-state index contributed by atoms with van der Waals surface area (Å²) in [6, 6.07) is 4.98. The third-order valence-corrected chi connectivity index (χ3v) is 2.76. The van der Waals surface area contributed by atoms with Crippen LogP contribution < -0.4 is 10.6 Å². The summed E-state index contributed by atoms with van der Waals surface area (Å²) in [5.41, 5.74) is 0.646. The molecule has 0 spiro atoms. The minimum Gasteiger partial charge on any atom is -0.326 e. The molecule has 0 fully saturated rings. The van der Waals surface area contributed by atoms with Crippen LogP contribution >= 0.6 is 23.2 Å². The zero-order valence-electron chi connectivity index (χ0n) is 9.30. The highest BCUT2D eigenvalue weighted by Crippen LogP contribution is 2.24. The van der Waals surface area contributed by atoms with Gasteiger partial charge in [-0.1, -0.05) is 29.3 Å². The first-order chi connectivity index (χ1) is 8.13. The van der Waals surface area contributed by atoms with Crippen molar-refractivity contribution in [3.63, 3.8) is 0 Å². The lowest BCUT2D eigenvalue weighted by Gasteiger charge is -2.06. The molecule has 2 N–H and O–H groups in total. The minimum absolute atomic E-state index is 0.0695. The van der Waals surface area contributed by atoms with E-state index in [0.717, 1.165) is 0 Å². The molecule has 0 aliphatic rings. The SMILES string of the molecule is C=CCNCCC(=O)Nc1ccc(Cl)c(Cl)c1. The summed E-state index contributed by atoms with van der Waals surface area (Å²) in [6.07, 6.45) is 2.14. The van der Waals surface area contributed by atoms with Crippen LogP contribution in [0.3, 0.4) is 0 Å². The van der Waals surface area contributed by atoms with Crippen molar-refractivity contribution in [1.82, 2.24) is 5.32 Å². The van der Waals surface area contributed by atoms with Crippen molar-refractivity contribution in [1.29, 1.82) is 0 Å². The van der Waals surface area contributed by atoms with Crippen LogP contribution in [0.1, 0.15) is 6.42 Å². The highest BCUT2D eigenvalue weighted by molar-refractivity contribution is 6.42. The molecule has 0 bridgehead atoms. The Labute approximate surface area is 111 Å². The first kappa shape index (κ1) is 14.0. The Hall–Kier alpha value is -1.03. The smallest absolute Gasteiger partial charge is 0.225 e. The summed E-state index contributed by atoms with van der Waals surface area (Å²) in [5.74, 6) is -0.0695. The van der Waals surface area contributed by atoms with E-state index in [4.69, 9.17) is 23.2 Å². The zero-order chi connectivity index (χ0) is 12.7. The first-order valence-corrected chi connectivity index (χ1v) is 5.95. The van der Waals surface area contributed by atoms with E-state index in [9.17, 15) is 4.79 Å². The van der Waals surface area contributed by atoms with Crippen molar-refractivity contribution in [2.45, 2.75) is 6.42 Å². The lowest BCUT2D eigenvalue weighted by molar-refractivity contribution is -0.116. The molecule has 0 unspecified atom stereocenters. The Morgan fingerprint density at radius 2 is 2.12 bits per heavy atom. The van der Waals surface area contributed by atoms with Crippen molar-refractivity contribution in [2.24, 2.45) is 0 Å². The predicted octanol–water partition coefficient (Wildman–Crippen LogP) is 3.10. The molecular formula is C12H14Cl2N2O. The van der Waals surface area contributed by atoms with Crippen LogP contribution in [0.2, 0.25) is 10.0 Å². The van der Waals surface area contributed by atoms with Gasteiger partial charge >= 0.3 is 0 Å². The van der Waals surface area contributed by atoms with Gasteiger partial charge in [-0.05, 0) is 18.2 Å². The average Bonchev–Trinajstić information content (AvgIpc) is 2.30. The van der Waals surface area contributed by atoms with Gasteiger partial charge in [0.2, 0.25) is 5.91 Å². The summed E-state index contributed by atoms with van der Waals surface area (Å²) in [5, 5.41) is 6.68. The second kappa shape index (κ2) is 7.33. The van der Waals surface area contributed by atoms with Gasteiger partial charge in [-0.3, -0.25) is 4.79 Å². The molecule has 3 nitrogen and oxygen atoms in total. The number of hydrogen-bond donors (Lipinski definition) is 2. The molecule has 0 atom stereocenters. The van der Waals surface area contributed by atoms with Crippen LogP contribution in [0.4, 0.5) is 5.69 Å². The van der Waals surface area contributed by atoms with Gasteiger partial charge in [-0.2, -0.15) is 0 Å². The summed E-state index contributed by atoms with van der Waals surface area (Å²) >= 11 is 11.6. The topological polar surface area (TPSA) is 41.1 Å². The normalized spacial score (nSPS) is 10.0. The maximum atomic E-state index is 11.5. The molecule has 17 heavy (non-hydrogen) atoms. The van der Waals surface area contributed by atoms with E-state index in [1.54, 1.807) is 24.3 Å². The molecule has 1 rings (SSSR count). The van der Waals surface area contributed by atoms with E-state index in [1.165, 1.54) is 0 Å². The lowest BCUT2D eigenvalue weighted by atomic mass is 10.3. The fourth-order valence-corrected chi connectivity index (χ4v) is 1.50. The number of carbonyl (C=O) groups excluding carboxylic acids is 1. The highest BCUT2D eigenvalue weighted by Gasteiger charge is 2.03. The van der Waals surface area contributed by atoms with Crippen molar-refractivity contribution in [2.75, 3.05) is 18.4 Å². The summed E-state index contributed by atoms with van der Waals surface area (Å²) in [6.45, 7) is 4.88. The monoisotopic (exact) mass is 272 g/mol. The Bertz CT molecular complexity index is 407. The number of halogens is 2. The van der Waals surface area contributed by atoms with Gasteiger partial charge in [0.25, 0.3) is 0 Å². The van der Waals surface area contributed by atoms with Crippen molar-refractivity contribution in [3.05, 3.63) is 40.9 Å². The molecule has 0 aromatic heterocycles. The molecule has 0 aliphatic heterocycles. The van der Waals surface area contributed by atoms with E-state index in [1.807, 2.05) is 0 Å². The van der Waals surface area contributed by atoms with E-state index in [2.05, 4.69) is 17.2 Å². The average molecular weight is 273 g/mol. The van der Waals surface area contributed by atoms with Gasteiger partial charge in [0.05, 0.1) is 10.0 Å². The quantitative estimate of drug-likeness (QED) is 0.617. The van der Waals surface area contributed by atoms with E-state index < -0.39 is 0 Å². The second-order valence-corrected chi connectivity index (χ2v) is 4.23. The highest BCUT2D eigenvalue weighted by atomic mass is 35.5. The van der Waals surface area contributed by atoms with E-state index in [-0.39, 0.29) is 5.91 Å². The van der Waals surface area contributed by atoms with E-state index >= 15 is 0 Å². The number of carbonyl (C=O) groups is 1. The van der Waals surface area contributed by atoms with Crippen LogP contribution in [0, 0.1) is 0 Å². The number of rotatable bonds is 6. The van der Waals surface area contributed by atoms with Gasteiger partial charge < -0.3 is 10.6 Å². The lowest BCUT2D eigenvalue weighted by Crippen LogP contribution is -2.21. The number of nitrogens with one attached hydrogen (secondary N) is 2. The second-order valence-electron chi connectivity index (χ2n) is 3.42. The van der Waals surface area contributed by atoms with Crippen molar-refractivity contribution in [3.8, 4) is 0 Å². The summed E-state index contributed by atoms with van der Waals surface area (Å²) in [7, 11) is 0. The first-order valence-electron chi connectivity index (χ1n) is 5.20. The van der Waals surface area contributed by atoms with Crippen LogP contribution in [0.5, 0.6) is 0 Å².